The molecule has 1 N–H and O–H groups in total. The zero-order valence-electron chi connectivity index (χ0n) is 12.0. The predicted octanol–water partition coefficient (Wildman–Crippen LogP) is 2.55. The van der Waals surface area contributed by atoms with Crippen LogP contribution in [0.2, 0.25) is 0 Å². The van der Waals surface area contributed by atoms with Gasteiger partial charge in [-0.3, -0.25) is 0 Å². The summed E-state index contributed by atoms with van der Waals surface area (Å²) < 4.78 is 37.4. The largest absolute Gasteiger partial charge is 0.493 e. The van der Waals surface area contributed by atoms with E-state index in [9.17, 15) is 8.42 Å². The maximum atomic E-state index is 12.3. The fraction of sp³-hybridized carbons (Fsp3) is 0.286. The van der Waals surface area contributed by atoms with Crippen LogP contribution in [0, 0.1) is 6.92 Å². The number of thiophene rings is 1. The van der Waals surface area contributed by atoms with Crippen LogP contribution >= 0.6 is 11.3 Å². The van der Waals surface area contributed by atoms with Gasteiger partial charge in [0.1, 0.15) is 0 Å². The number of rotatable bonds is 6. The highest BCUT2D eigenvalue weighted by Gasteiger charge is 2.17. The maximum Gasteiger partial charge on any atom is 0.241 e. The predicted molar refractivity (Wildman–Crippen MR) is 82.6 cm³/mol. The highest BCUT2D eigenvalue weighted by molar-refractivity contribution is 7.89. The molecule has 0 spiro atoms. The van der Waals surface area contributed by atoms with Gasteiger partial charge in [0.2, 0.25) is 10.0 Å². The number of ether oxygens (including phenoxy) is 2. The Morgan fingerprint density at radius 2 is 1.81 bits per heavy atom. The molecule has 0 fully saturated rings. The van der Waals surface area contributed by atoms with Gasteiger partial charge in [0, 0.05) is 22.4 Å². The van der Waals surface area contributed by atoms with Gasteiger partial charge in [-0.25, -0.2) is 13.1 Å². The van der Waals surface area contributed by atoms with Crippen LogP contribution in [0.3, 0.4) is 0 Å². The minimum Gasteiger partial charge on any atom is -0.493 e. The van der Waals surface area contributed by atoms with E-state index in [1.54, 1.807) is 17.4 Å². The van der Waals surface area contributed by atoms with Crippen molar-refractivity contribution in [2.24, 2.45) is 0 Å². The van der Waals surface area contributed by atoms with Crippen LogP contribution < -0.4 is 14.2 Å². The SMILES string of the molecule is COc1ccc(S(=O)(=O)NCc2ccc(C)s2)cc1OC. The molecule has 5 nitrogen and oxygen atoms in total. The molecule has 21 heavy (non-hydrogen) atoms. The van der Waals surface area contributed by atoms with Crippen molar-refractivity contribution in [3.63, 3.8) is 0 Å². The summed E-state index contributed by atoms with van der Waals surface area (Å²) in [6, 6.07) is 8.38. The summed E-state index contributed by atoms with van der Waals surface area (Å²) in [6.45, 7) is 2.26. The van der Waals surface area contributed by atoms with E-state index < -0.39 is 10.0 Å². The first-order valence-electron chi connectivity index (χ1n) is 6.23. The third-order valence-corrected chi connectivity index (χ3v) is 5.30. The van der Waals surface area contributed by atoms with E-state index in [4.69, 9.17) is 9.47 Å². The number of aryl methyl sites for hydroxylation is 1. The van der Waals surface area contributed by atoms with Crippen LogP contribution in [0.5, 0.6) is 11.5 Å². The Balaban J connectivity index is 2.19. The number of hydrogen-bond donors (Lipinski definition) is 1. The molecular weight excluding hydrogens is 310 g/mol. The Bertz CT molecular complexity index is 722. The number of hydrogen-bond acceptors (Lipinski definition) is 5. The Morgan fingerprint density at radius 1 is 1.10 bits per heavy atom. The second-order valence-corrected chi connectivity index (χ2v) is 7.49. The molecule has 0 bridgehead atoms. The second kappa shape index (κ2) is 6.46. The lowest BCUT2D eigenvalue weighted by Gasteiger charge is -2.10. The van der Waals surface area contributed by atoms with Crippen LogP contribution in [0.4, 0.5) is 0 Å². The van der Waals surface area contributed by atoms with E-state index in [2.05, 4.69) is 4.72 Å². The molecule has 0 atom stereocenters. The lowest BCUT2D eigenvalue weighted by molar-refractivity contribution is 0.354. The number of methoxy groups -OCH3 is 2. The molecule has 0 amide bonds. The summed E-state index contributed by atoms with van der Waals surface area (Å²) in [5, 5.41) is 0. The minimum absolute atomic E-state index is 0.147. The van der Waals surface area contributed by atoms with Gasteiger partial charge in [-0.2, -0.15) is 0 Å². The summed E-state index contributed by atoms with van der Waals surface area (Å²) in [6.07, 6.45) is 0. The molecule has 0 aliphatic heterocycles. The van der Waals surface area contributed by atoms with Crippen molar-refractivity contribution in [1.29, 1.82) is 0 Å². The van der Waals surface area contributed by atoms with Crippen LogP contribution in [-0.4, -0.2) is 22.6 Å². The molecule has 0 unspecified atom stereocenters. The van der Waals surface area contributed by atoms with E-state index in [1.165, 1.54) is 26.4 Å². The number of sulfonamides is 1. The monoisotopic (exact) mass is 327 g/mol. The van der Waals surface area contributed by atoms with Gasteiger partial charge >= 0.3 is 0 Å². The highest BCUT2D eigenvalue weighted by Crippen LogP contribution is 2.29. The lowest BCUT2D eigenvalue weighted by atomic mass is 10.3. The minimum atomic E-state index is -3.59. The van der Waals surface area contributed by atoms with Crippen molar-refractivity contribution < 1.29 is 17.9 Å². The Kier molecular flexibility index (Phi) is 4.87. The Morgan fingerprint density at radius 3 is 2.38 bits per heavy atom. The highest BCUT2D eigenvalue weighted by atomic mass is 32.2. The van der Waals surface area contributed by atoms with Crippen LogP contribution in [0.25, 0.3) is 0 Å². The van der Waals surface area contributed by atoms with E-state index in [0.717, 1.165) is 9.75 Å². The van der Waals surface area contributed by atoms with Crippen LogP contribution in [0.15, 0.2) is 35.2 Å². The molecule has 1 aromatic carbocycles. The normalized spacial score (nSPS) is 11.4. The van der Waals surface area contributed by atoms with Gasteiger partial charge in [0.15, 0.2) is 11.5 Å². The zero-order valence-corrected chi connectivity index (χ0v) is 13.7. The van der Waals surface area contributed by atoms with Crippen molar-refractivity contribution in [3.05, 3.63) is 40.1 Å². The summed E-state index contributed by atoms with van der Waals surface area (Å²) >= 11 is 1.57. The van der Waals surface area contributed by atoms with Gasteiger partial charge in [0.25, 0.3) is 0 Å². The van der Waals surface area contributed by atoms with Crippen molar-refractivity contribution in [2.75, 3.05) is 14.2 Å². The third kappa shape index (κ3) is 3.75. The smallest absolute Gasteiger partial charge is 0.241 e. The van der Waals surface area contributed by atoms with Gasteiger partial charge in [0.05, 0.1) is 19.1 Å². The average Bonchev–Trinajstić information content (AvgIpc) is 2.90. The summed E-state index contributed by atoms with van der Waals surface area (Å²) in [4.78, 5) is 2.26. The van der Waals surface area contributed by atoms with E-state index in [-0.39, 0.29) is 11.4 Å². The van der Waals surface area contributed by atoms with Gasteiger partial charge in [-0.05, 0) is 31.2 Å². The van der Waals surface area contributed by atoms with E-state index in [1.807, 2.05) is 19.1 Å². The molecule has 0 saturated carbocycles. The molecule has 0 saturated heterocycles. The van der Waals surface area contributed by atoms with E-state index in [0.29, 0.717) is 11.5 Å². The number of benzene rings is 1. The lowest BCUT2D eigenvalue weighted by Crippen LogP contribution is -2.22. The molecule has 0 radical (unpaired) electrons. The summed E-state index contributed by atoms with van der Waals surface area (Å²) in [5.41, 5.74) is 0. The third-order valence-electron chi connectivity index (χ3n) is 2.90. The first-order valence-corrected chi connectivity index (χ1v) is 8.53. The summed E-state index contributed by atoms with van der Waals surface area (Å²) in [5.74, 6) is 0.873. The summed E-state index contributed by atoms with van der Waals surface area (Å²) in [7, 11) is -0.614. The van der Waals surface area contributed by atoms with Gasteiger partial charge in [-0.15, -0.1) is 11.3 Å². The number of nitrogens with one attached hydrogen (secondary N) is 1. The molecule has 114 valence electrons. The molecule has 2 rings (SSSR count). The first-order chi connectivity index (χ1) is 9.96. The van der Waals surface area contributed by atoms with Crippen LogP contribution in [0.1, 0.15) is 9.75 Å². The molecule has 1 heterocycles. The van der Waals surface area contributed by atoms with Crippen molar-refractivity contribution in [3.8, 4) is 11.5 Å². The topological polar surface area (TPSA) is 64.6 Å². The van der Waals surface area contributed by atoms with Crippen molar-refractivity contribution >= 4 is 21.4 Å². The Labute approximate surface area is 128 Å². The fourth-order valence-corrected chi connectivity index (χ4v) is 3.76. The quantitative estimate of drug-likeness (QED) is 0.885. The van der Waals surface area contributed by atoms with Gasteiger partial charge in [-0.1, -0.05) is 0 Å². The molecule has 0 aliphatic rings. The van der Waals surface area contributed by atoms with Gasteiger partial charge < -0.3 is 9.47 Å². The molecule has 1 aromatic heterocycles. The fourth-order valence-electron chi connectivity index (χ4n) is 1.81. The first kappa shape index (κ1) is 15.8. The zero-order chi connectivity index (χ0) is 15.5. The Hall–Kier alpha value is -1.57. The van der Waals surface area contributed by atoms with Crippen molar-refractivity contribution in [1.82, 2.24) is 4.72 Å². The van der Waals surface area contributed by atoms with Crippen molar-refractivity contribution in [2.45, 2.75) is 18.4 Å². The molecule has 2 aromatic rings. The average molecular weight is 327 g/mol. The molecule has 0 aliphatic carbocycles. The van der Waals surface area contributed by atoms with Crippen LogP contribution in [-0.2, 0) is 16.6 Å². The van der Waals surface area contributed by atoms with E-state index >= 15 is 0 Å². The molecule has 7 heteroatoms. The molecular formula is C14H17NO4S2. The second-order valence-electron chi connectivity index (χ2n) is 4.35. The maximum absolute atomic E-state index is 12.3. The standard InChI is InChI=1S/C14H17NO4S2/c1-10-4-5-11(20-10)9-15-21(16,17)12-6-7-13(18-2)14(8-12)19-3/h4-8,15H,9H2,1-3H3.